The normalized spacial score (nSPS) is 14.0. The first-order valence-corrected chi connectivity index (χ1v) is 17.0. The van der Waals surface area contributed by atoms with E-state index in [0.29, 0.717) is 0 Å². The summed E-state index contributed by atoms with van der Waals surface area (Å²) in [6, 6.07) is 0. The molecule has 0 bridgehead atoms. The van der Waals surface area contributed by atoms with Crippen LogP contribution in [0.4, 0.5) is 0 Å². The van der Waals surface area contributed by atoms with Crippen molar-refractivity contribution in [1.82, 2.24) is 0 Å². The predicted octanol–water partition coefficient (Wildman–Crippen LogP) is 6.82. The molecule has 130 valence electrons. The average molecular weight is 436 g/mol. The second-order valence-corrected chi connectivity index (χ2v) is 20.6. The molecule has 0 radical (unpaired) electrons. The third-order valence-electron chi connectivity index (χ3n) is 4.39. The van der Waals surface area contributed by atoms with Crippen molar-refractivity contribution < 1.29 is 5.11 Å². The molecule has 0 saturated carbocycles. The molecule has 0 unspecified atom stereocenters. The van der Waals surface area contributed by atoms with Gasteiger partial charge in [0.05, 0.1) is 0 Å². The van der Waals surface area contributed by atoms with E-state index in [1.165, 1.54) is 55.4 Å². The molecule has 0 aromatic carbocycles. The van der Waals surface area contributed by atoms with Crippen LogP contribution in [0.15, 0.2) is 21.3 Å². The summed E-state index contributed by atoms with van der Waals surface area (Å²) in [5, 5.41) is 10.3. The van der Waals surface area contributed by atoms with Crippen LogP contribution in [0.5, 0.6) is 0 Å². The molecule has 22 heavy (non-hydrogen) atoms. The fourth-order valence-electron chi connectivity index (χ4n) is 3.18. The minimum absolute atomic E-state index is 0.751. The van der Waals surface area contributed by atoms with E-state index in [1.807, 2.05) is 13.8 Å². The molecule has 0 fully saturated rings. The fourth-order valence-corrected chi connectivity index (χ4v) is 20.2. The van der Waals surface area contributed by atoms with Gasteiger partial charge < -0.3 is 0 Å². The molecule has 0 rings (SSSR count). The van der Waals surface area contributed by atoms with Gasteiger partial charge in [0.2, 0.25) is 0 Å². The van der Waals surface area contributed by atoms with Crippen LogP contribution in [0.3, 0.4) is 0 Å². The van der Waals surface area contributed by atoms with Crippen molar-refractivity contribution in [2.75, 3.05) is 0 Å². The second-order valence-electron chi connectivity index (χ2n) is 7.14. The van der Waals surface area contributed by atoms with Gasteiger partial charge >= 0.3 is 148 Å². The Morgan fingerprint density at radius 1 is 0.955 bits per heavy atom. The first-order chi connectivity index (χ1) is 10.3. The van der Waals surface area contributed by atoms with Crippen molar-refractivity contribution in [2.45, 2.75) is 92.1 Å². The van der Waals surface area contributed by atoms with E-state index in [2.05, 4.69) is 32.9 Å². The number of aliphatic hydroxyl groups is 1. The second kappa shape index (κ2) is 12.0. The molecule has 0 saturated heterocycles. The number of allylic oxidation sites excluding steroid dienone is 2. The van der Waals surface area contributed by atoms with Crippen molar-refractivity contribution in [1.29, 1.82) is 0 Å². The zero-order valence-electron chi connectivity index (χ0n) is 15.4. The van der Waals surface area contributed by atoms with E-state index in [0.717, 1.165) is 0 Å². The Balaban J connectivity index is 5.71. The van der Waals surface area contributed by atoms with Gasteiger partial charge in [-0.3, -0.25) is 0 Å². The predicted molar refractivity (Wildman–Crippen MR) is 104 cm³/mol. The van der Waals surface area contributed by atoms with Crippen LogP contribution in [0.2, 0.25) is 13.3 Å². The van der Waals surface area contributed by atoms with Gasteiger partial charge in [-0.05, 0) is 0 Å². The molecular weight excluding hydrogens is 398 g/mol. The SMILES string of the molecule is CCC[CH2][Sn]([CH2]CCC)([CH2]CCC)[C](=C\C(C)(C)O)/C=C/Cl. The number of hydrogen-bond acceptors (Lipinski definition) is 1. The first-order valence-electron chi connectivity index (χ1n) is 9.07. The Kier molecular flexibility index (Phi) is 12.3. The Morgan fingerprint density at radius 3 is 1.64 bits per heavy atom. The molecule has 0 aliphatic heterocycles. The molecule has 0 atom stereocenters. The molecule has 0 aliphatic carbocycles. The van der Waals surface area contributed by atoms with Gasteiger partial charge in [-0.25, -0.2) is 0 Å². The van der Waals surface area contributed by atoms with E-state index in [9.17, 15) is 5.11 Å². The number of halogens is 1. The van der Waals surface area contributed by atoms with Crippen LogP contribution >= 0.6 is 11.6 Å². The summed E-state index contributed by atoms with van der Waals surface area (Å²) in [5.74, 6) is 0. The summed E-state index contributed by atoms with van der Waals surface area (Å²) in [4.78, 5) is 0. The Hall–Kier alpha value is 0.529. The fraction of sp³-hybridized carbons (Fsp3) is 0.789. The van der Waals surface area contributed by atoms with Gasteiger partial charge in [-0.2, -0.15) is 0 Å². The van der Waals surface area contributed by atoms with Crippen molar-refractivity contribution in [3.8, 4) is 0 Å². The Bertz CT molecular complexity index is 320. The Labute approximate surface area is 148 Å². The van der Waals surface area contributed by atoms with E-state index in [4.69, 9.17) is 11.6 Å². The van der Waals surface area contributed by atoms with E-state index in [1.54, 1.807) is 5.54 Å². The molecule has 3 heteroatoms. The summed E-state index contributed by atoms with van der Waals surface area (Å²) in [6.07, 6.45) is 12.0. The van der Waals surface area contributed by atoms with Crippen LogP contribution in [-0.2, 0) is 0 Å². The summed E-state index contributed by atoms with van der Waals surface area (Å²) in [5.41, 5.74) is 0.908. The van der Waals surface area contributed by atoms with Gasteiger partial charge in [0.1, 0.15) is 0 Å². The van der Waals surface area contributed by atoms with E-state index in [-0.39, 0.29) is 0 Å². The standard InChI is InChI=1S/C7H10ClO.3C4H9.Sn/c1-7(2,9)5-3-4-6-8;3*1-3-4-2;/h4-6,9H,1-2H3;3*1,3-4H2,2H3;/b5-3?,6-4+;;;;. The van der Waals surface area contributed by atoms with Crippen LogP contribution in [0.1, 0.15) is 73.1 Å². The van der Waals surface area contributed by atoms with Crippen molar-refractivity contribution in [3.05, 3.63) is 21.3 Å². The molecule has 0 heterocycles. The summed E-state index contributed by atoms with van der Waals surface area (Å²) in [7, 11) is 0. The topological polar surface area (TPSA) is 20.2 Å². The monoisotopic (exact) mass is 436 g/mol. The summed E-state index contributed by atoms with van der Waals surface area (Å²) >= 11 is 3.48. The third kappa shape index (κ3) is 8.98. The van der Waals surface area contributed by atoms with Gasteiger partial charge in [0.25, 0.3) is 0 Å². The number of unbranched alkanes of at least 4 members (excludes halogenated alkanes) is 3. The van der Waals surface area contributed by atoms with Crippen molar-refractivity contribution in [3.63, 3.8) is 0 Å². The zero-order chi connectivity index (χ0) is 17.1. The summed E-state index contributed by atoms with van der Waals surface area (Å²) in [6.45, 7) is 10.6. The minimum atomic E-state index is -2.48. The van der Waals surface area contributed by atoms with E-state index < -0.39 is 24.0 Å². The van der Waals surface area contributed by atoms with Crippen LogP contribution in [0.25, 0.3) is 0 Å². The molecule has 0 aliphatic rings. The zero-order valence-corrected chi connectivity index (χ0v) is 19.0. The Morgan fingerprint density at radius 2 is 1.36 bits per heavy atom. The molecular formula is C19H37ClOSn. The maximum atomic E-state index is 10.3. The number of rotatable bonds is 12. The molecule has 0 amide bonds. The molecule has 0 aromatic rings. The quantitative estimate of drug-likeness (QED) is 0.263. The molecule has 0 spiro atoms. The van der Waals surface area contributed by atoms with Crippen LogP contribution < -0.4 is 0 Å². The van der Waals surface area contributed by atoms with Crippen molar-refractivity contribution in [2.24, 2.45) is 0 Å². The third-order valence-corrected chi connectivity index (χ3v) is 20.1. The average Bonchev–Trinajstić information content (AvgIpc) is 2.45. The number of hydrogen-bond donors (Lipinski definition) is 1. The molecule has 0 aromatic heterocycles. The molecule has 1 nitrogen and oxygen atoms in total. The van der Waals surface area contributed by atoms with E-state index >= 15 is 0 Å². The van der Waals surface area contributed by atoms with Crippen LogP contribution in [0, 0.1) is 0 Å². The van der Waals surface area contributed by atoms with Gasteiger partial charge in [0.15, 0.2) is 0 Å². The van der Waals surface area contributed by atoms with Crippen molar-refractivity contribution >= 4 is 30.0 Å². The molecule has 1 N–H and O–H groups in total. The van der Waals surface area contributed by atoms with Crippen LogP contribution in [-0.4, -0.2) is 29.1 Å². The van der Waals surface area contributed by atoms with Gasteiger partial charge in [-0.15, -0.1) is 0 Å². The first kappa shape index (κ1) is 22.5. The van der Waals surface area contributed by atoms with Gasteiger partial charge in [-0.1, -0.05) is 0 Å². The summed E-state index contributed by atoms with van der Waals surface area (Å²) < 4.78 is 5.63. The van der Waals surface area contributed by atoms with Gasteiger partial charge in [0, 0.05) is 0 Å². The maximum absolute atomic E-state index is 10.3.